The molecule has 0 atom stereocenters. The molecule has 3 rings (SSSR count). The summed E-state index contributed by atoms with van der Waals surface area (Å²) in [6.45, 7) is 8.75. The number of nitriles is 1. The molecule has 0 fully saturated rings. The zero-order valence-electron chi connectivity index (χ0n) is 18.3. The molecule has 158 valence electrons. The van der Waals surface area contributed by atoms with E-state index in [1.165, 1.54) is 0 Å². The van der Waals surface area contributed by atoms with Gasteiger partial charge in [-0.1, -0.05) is 24.3 Å². The number of carbonyl (C=O) groups is 1. The summed E-state index contributed by atoms with van der Waals surface area (Å²) in [4.78, 5) is 12.9. The van der Waals surface area contributed by atoms with E-state index >= 15 is 0 Å². The summed E-state index contributed by atoms with van der Waals surface area (Å²) in [5, 5.41) is 14.4. The van der Waals surface area contributed by atoms with Crippen molar-refractivity contribution in [1.82, 2.24) is 0 Å². The largest absolute Gasteiger partial charge is 0.494 e. The molecule has 31 heavy (non-hydrogen) atoms. The Kier molecular flexibility index (Phi) is 6.94. The van der Waals surface area contributed by atoms with Gasteiger partial charge in [0.15, 0.2) is 0 Å². The van der Waals surface area contributed by atoms with Gasteiger partial charge in [-0.25, -0.2) is 0 Å². The van der Waals surface area contributed by atoms with E-state index in [0.717, 1.165) is 27.6 Å². The summed E-state index contributed by atoms with van der Waals surface area (Å²) in [6.07, 6.45) is 1.59. The van der Waals surface area contributed by atoms with E-state index < -0.39 is 5.91 Å². The Morgan fingerprint density at radius 1 is 1.06 bits per heavy atom. The quantitative estimate of drug-likeness (QED) is 0.392. The highest BCUT2D eigenvalue weighted by molar-refractivity contribution is 6.11. The summed E-state index contributed by atoms with van der Waals surface area (Å²) in [5.41, 5.74) is 3.39. The Morgan fingerprint density at radius 2 is 1.81 bits per heavy atom. The average molecular weight is 415 g/mol. The van der Waals surface area contributed by atoms with E-state index in [4.69, 9.17) is 9.47 Å². The molecule has 0 heterocycles. The third-order valence-electron chi connectivity index (χ3n) is 5.11. The van der Waals surface area contributed by atoms with E-state index in [-0.39, 0.29) is 5.57 Å². The summed E-state index contributed by atoms with van der Waals surface area (Å²) in [6, 6.07) is 17.3. The van der Waals surface area contributed by atoms with Crippen LogP contribution in [-0.4, -0.2) is 19.1 Å². The maximum absolute atomic E-state index is 12.9. The van der Waals surface area contributed by atoms with Crippen molar-refractivity contribution in [3.05, 3.63) is 70.8 Å². The molecule has 0 radical (unpaired) electrons. The molecule has 0 saturated heterocycles. The number of hydrogen-bond acceptors (Lipinski definition) is 4. The van der Waals surface area contributed by atoms with Crippen molar-refractivity contribution in [1.29, 1.82) is 5.26 Å². The van der Waals surface area contributed by atoms with Crippen LogP contribution >= 0.6 is 0 Å². The Balaban J connectivity index is 2.09. The Morgan fingerprint density at radius 3 is 2.52 bits per heavy atom. The maximum Gasteiger partial charge on any atom is 0.266 e. The fourth-order valence-electron chi connectivity index (χ4n) is 3.36. The molecule has 3 aromatic rings. The minimum absolute atomic E-state index is 0.00354. The lowest BCUT2D eigenvalue weighted by Crippen LogP contribution is -2.14. The number of amides is 1. The van der Waals surface area contributed by atoms with Gasteiger partial charge in [0, 0.05) is 11.3 Å². The van der Waals surface area contributed by atoms with Crippen molar-refractivity contribution >= 4 is 28.4 Å². The van der Waals surface area contributed by atoms with Gasteiger partial charge in [0.05, 0.1) is 13.2 Å². The first-order valence-corrected chi connectivity index (χ1v) is 10.3. The minimum Gasteiger partial charge on any atom is -0.494 e. The molecule has 3 aromatic carbocycles. The molecule has 0 spiro atoms. The van der Waals surface area contributed by atoms with Gasteiger partial charge in [0.2, 0.25) is 0 Å². The summed E-state index contributed by atoms with van der Waals surface area (Å²) in [5.74, 6) is 0.865. The monoisotopic (exact) mass is 414 g/mol. The molecule has 0 bridgehead atoms. The fourth-order valence-corrected chi connectivity index (χ4v) is 3.36. The van der Waals surface area contributed by atoms with Crippen LogP contribution in [0.3, 0.4) is 0 Å². The van der Waals surface area contributed by atoms with Crippen molar-refractivity contribution in [3.8, 4) is 17.6 Å². The van der Waals surface area contributed by atoms with Gasteiger partial charge < -0.3 is 14.8 Å². The predicted octanol–water partition coefficient (Wildman–Crippen LogP) is 5.80. The van der Waals surface area contributed by atoms with E-state index in [1.54, 1.807) is 6.08 Å². The van der Waals surface area contributed by atoms with Crippen LogP contribution in [0.5, 0.6) is 11.5 Å². The van der Waals surface area contributed by atoms with E-state index in [1.807, 2.05) is 82.3 Å². The Hall–Kier alpha value is -3.78. The summed E-state index contributed by atoms with van der Waals surface area (Å²) in [7, 11) is 0. The van der Waals surface area contributed by atoms with Crippen molar-refractivity contribution in [2.24, 2.45) is 0 Å². The van der Waals surface area contributed by atoms with Gasteiger partial charge in [-0.05, 0) is 79.9 Å². The highest BCUT2D eigenvalue weighted by Crippen LogP contribution is 2.33. The third kappa shape index (κ3) is 4.87. The summed E-state index contributed by atoms with van der Waals surface area (Å²) >= 11 is 0. The molecule has 1 amide bonds. The van der Waals surface area contributed by atoms with Crippen molar-refractivity contribution in [2.75, 3.05) is 18.5 Å². The number of rotatable bonds is 7. The first-order chi connectivity index (χ1) is 15.0. The topological polar surface area (TPSA) is 71.3 Å². The lowest BCUT2D eigenvalue weighted by Gasteiger charge is -2.13. The maximum atomic E-state index is 12.9. The van der Waals surface area contributed by atoms with Crippen LogP contribution in [0, 0.1) is 25.2 Å². The fraction of sp³-hybridized carbons (Fsp3) is 0.231. The van der Waals surface area contributed by atoms with Crippen LogP contribution < -0.4 is 14.8 Å². The highest BCUT2D eigenvalue weighted by atomic mass is 16.5. The molecule has 0 aliphatic heterocycles. The molecule has 5 heteroatoms. The van der Waals surface area contributed by atoms with E-state index in [2.05, 4.69) is 5.32 Å². The zero-order valence-corrected chi connectivity index (χ0v) is 18.3. The average Bonchev–Trinajstić information content (AvgIpc) is 2.76. The van der Waals surface area contributed by atoms with Gasteiger partial charge in [0.25, 0.3) is 5.91 Å². The highest BCUT2D eigenvalue weighted by Gasteiger charge is 2.15. The van der Waals surface area contributed by atoms with Crippen molar-refractivity contribution < 1.29 is 14.3 Å². The number of nitrogens with one attached hydrogen (secondary N) is 1. The number of ether oxygens (including phenoxy) is 2. The van der Waals surface area contributed by atoms with Gasteiger partial charge in [-0.3, -0.25) is 4.79 Å². The lowest BCUT2D eigenvalue weighted by molar-refractivity contribution is -0.112. The number of carbonyl (C=O) groups excluding carboxylic acids is 1. The number of hydrogen-bond donors (Lipinski definition) is 1. The standard InChI is InChI=1S/C26H26N2O3/c1-5-30-21-12-10-19-11-13-25(31-6-2)23(22(19)15-21)14-20(16-27)26(29)28-24-9-7-8-17(3)18(24)4/h7-15H,5-6H2,1-4H3,(H,28,29)/b20-14-. The zero-order chi connectivity index (χ0) is 22.4. The number of anilines is 1. The number of fused-ring (bicyclic) bond motifs is 1. The molecule has 5 nitrogen and oxygen atoms in total. The second-order valence-electron chi connectivity index (χ2n) is 7.10. The second kappa shape index (κ2) is 9.82. The molecular weight excluding hydrogens is 388 g/mol. The van der Waals surface area contributed by atoms with Crippen LogP contribution in [0.4, 0.5) is 5.69 Å². The van der Waals surface area contributed by atoms with Crippen LogP contribution in [0.2, 0.25) is 0 Å². The molecule has 0 aliphatic rings. The lowest BCUT2D eigenvalue weighted by atomic mass is 10.0. The Labute approximate surface area is 182 Å². The molecule has 0 saturated carbocycles. The van der Waals surface area contributed by atoms with Crippen LogP contribution in [0.15, 0.2) is 54.1 Å². The number of nitrogens with zero attached hydrogens (tertiary/aromatic N) is 1. The number of benzene rings is 3. The first kappa shape index (κ1) is 21.9. The van der Waals surface area contributed by atoms with Gasteiger partial charge in [0.1, 0.15) is 23.1 Å². The molecule has 0 unspecified atom stereocenters. The third-order valence-corrected chi connectivity index (χ3v) is 5.11. The van der Waals surface area contributed by atoms with E-state index in [9.17, 15) is 10.1 Å². The SMILES string of the molecule is CCOc1ccc2ccc(OCC)c(/C=C(/C#N)C(=O)Nc3cccc(C)c3C)c2c1. The van der Waals surface area contributed by atoms with Crippen molar-refractivity contribution in [2.45, 2.75) is 27.7 Å². The summed E-state index contributed by atoms with van der Waals surface area (Å²) < 4.78 is 11.4. The molecule has 0 aliphatic carbocycles. The second-order valence-corrected chi connectivity index (χ2v) is 7.10. The molecule has 0 aromatic heterocycles. The normalized spacial score (nSPS) is 11.1. The number of aryl methyl sites for hydroxylation is 1. The smallest absolute Gasteiger partial charge is 0.266 e. The van der Waals surface area contributed by atoms with Gasteiger partial charge >= 0.3 is 0 Å². The minimum atomic E-state index is -0.461. The van der Waals surface area contributed by atoms with Crippen LogP contribution in [0.25, 0.3) is 16.8 Å². The Bertz CT molecular complexity index is 1180. The van der Waals surface area contributed by atoms with Gasteiger partial charge in [-0.2, -0.15) is 5.26 Å². The predicted molar refractivity (Wildman–Crippen MR) is 124 cm³/mol. The first-order valence-electron chi connectivity index (χ1n) is 10.3. The molecular formula is C26H26N2O3. The van der Waals surface area contributed by atoms with Crippen LogP contribution in [-0.2, 0) is 4.79 Å². The van der Waals surface area contributed by atoms with Crippen LogP contribution in [0.1, 0.15) is 30.5 Å². The van der Waals surface area contributed by atoms with E-state index in [0.29, 0.717) is 30.2 Å². The van der Waals surface area contributed by atoms with Crippen molar-refractivity contribution in [3.63, 3.8) is 0 Å². The van der Waals surface area contributed by atoms with Gasteiger partial charge in [-0.15, -0.1) is 0 Å². The molecule has 1 N–H and O–H groups in total.